The van der Waals surface area contributed by atoms with Gasteiger partial charge in [0.1, 0.15) is 32.4 Å². The number of hydrogen-bond donors (Lipinski definition) is 2. The first kappa shape index (κ1) is 24.8. The zero-order chi connectivity index (χ0) is 26.5. The molecule has 194 valence electrons. The predicted octanol–water partition coefficient (Wildman–Crippen LogP) is 3.55. The van der Waals surface area contributed by atoms with Crippen molar-refractivity contribution in [3.63, 3.8) is 0 Å². The Bertz CT molecular complexity index is 1650. The molecule has 0 aliphatic carbocycles. The van der Waals surface area contributed by atoms with Crippen molar-refractivity contribution in [2.75, 3.05) is 18.6 Å². The van der Waals surface area contributed by atoms with E-state index in [0.717, 1.165) is 0 Å². The number of ether oxygens (including phenoxy) is 1. The van der Waals surface area contributed by atoms with E-state index in [-0.39, 0.29) is 23.3 Å². The number of sulfone groups is 1. The minimum absolute atomic E-state index is 0.0597. The van der Waals surface area contributed by atoms with Crippen molar-refractivity contribution in [3.05, 3.63) is 59.1 Å². The SMILES string of the molecule is CNC(=O)c1c(C)oc2cc(Oc3ccnn4cc(C(=O)NC5(C)CCS(=O)(=O)CC5)c(C)c34)ccc12. The first-order valence-corrected chi connectivity index (χ1v) is 13.8. The molecule has 10 nitrogen and oxygen atoms in total. The van der Waals surface area contributed by atoms with Crippen molar-refractivity contribution in [1.82, 2.24) is 20.2 Å². The van der Waals surface area contributed by atoms with E-state index in [4.69, 9.17) is 9.15 Å². The third kappa shape index (κ3) is 4.55. The molecule has 0 spiro atoms. The fraction of sp³-hybridized carbons (Fsp3) is 0.346. The Balaban J connectivity index is 1.44. The summed E-state index contributed by atoms with van der Waals surface area (Å²) in [5.74, 6) is 1.12. The van der Waals surface area contributed by atoms with Crippen LogP contribution in [0.4, 0.5) is 0 Å². The average Bonchev–Trinajstić information content (AvgIpc) is 3.37. The number of aromatic nitrogens is 2. The molecule has 0 bridgehead atoms. The smallest absolute Gasteiger partial charge is 0.255 e. The summed E-state index contributed by atoms with van der Waals surface area (Å²) >= 11 is 0. The highest BCUT2D eigenvalue weighted by molar-refractivity contribution is 7.91. The normalized spacial score (nSPS) is 16.5. The van der Waals surface area contributed by atoms with Crippen LogP contribution in [0.25, 0.3) is 16.5 Å². The monoisotopic (exact) mass is 524 g/mol. The van der Waals surface area contributed by atoms with Crippen LogP contribution in [0.3, 0.4) is 0 Å². The van der Waals surface area contributed by atoms with Gasteiger partial charge in [-0.2, -0.15) is 5.10 Å². The van der Waals surface area contributed by atoms with E-state index in [1.54, 1.807) is 55.1 Å². The maximum absolute atomic E-state index is 13.2. The molecule has 5 rings (SSSR count). The van der Waals surface area contributed by atoms with Gasteiger partial charge in [0.15, 0.2) is 5.75 Å². The fourth-order valence-corrected chi connectivity index (χ4v) is 6.51. The maximum atomic E-state index is 13.2. The minimum atomic E-state index is -3.05. The molecule has 4 heterocycles. The van der Waals surface area contributed by atoms with Gasteiger partial charge in [-0.25, -0.2) is 12.9 Å². The van der Waals surface area contributed by atoms with Gasteiger partial charge in [0, 0.05) is 36.3 Å². The van der Waals surface area contributed by atoms with Gasteiger partial charge in [0.05, 0.1) is 28.8 Å². The highest BCUT2D eigenvalue weighted by Gasteiger charge is 2.35. The molecule has 0 atom stereocenters. The molecule has 1 aliphatic rings. The highest BCUT2D eigenvalue weighted by Crippen LogP contribution is 2.34. The van der Waals surface area contributed by atoms with E-state index < -0.39 is 15.4 Å². The van der Waals surface area contributed by atoms with Crippen LogP contribution in [0.2, 0.25) is 0 Å². The van der Waals surface area contributed by atoms with E-state index in [0.29, 0.717) is 63.3 Å². The lowest BCUT2D eigenvalue weighted by atomic mass is 9.94. The standard InChI is InChI=1S/C26H28N4O6S/c1-15-19(24(31)29-26(3)8-11-37(33,34)12-9-26)14-30-23(15)20(7-10-28-30)36-17-5-6-18-21(13-17)35-16(2)22(18)25(32)27-4/h5-7,10,13-14H,8-9,11-12H2,1-4H3,(H,27,32)(H,29,31). The topological polar surface area (TPSA) is 132 Å². The van der Waals surface area contributed by atoms with Gasteiger partial charge < -0.3 is 19.8 Å². The maximum Gasteiger partial charge on any atom is 0.255 e. The Morgan fingerprint density at radius 2 is 1.86 bits per heavy atom. The molecule has 11 heteroatoms. The first-order valence-electron chi connectivity index (χ1n) is 11.9. The van der Waals surface area contributed by atoms with Gasteiger partial charge in [-0.05, 0) is 51.3 Å². The zero-order valence-corrected chi connectivity index (χ0v) is 21.9. The fourth-order valence-electron chi connectivity index (χ4n) is 4.79. The summed E-state index contributed by atoms with van der Waals surface area (Å²) in [5.41, 5.74) is 2.16. The number of furan rings is 1. The van der Waals surface area contributed by atoms with Crippen molar-refractivity contribution < 1.29 is 27.2 Å². The molecule has 0 unspecified atom stereocenters. The van der Waals surface area contributed by atoms with E-state index >= 15 is 0 Å². The summed E-state index contributed by atoms with van der Waals surface area (Å²) < 4.78 is 37.2. The number of benzene rings is 1. The second-order valence-electron chi connectivity index (χ2n) is 9.70. The van der Waals surface area contributed by atoms with Gasteiger partial charge in [-0.3, -0.25) is 9.59 Å². The lowest BCUT2D eigenvalue weighted by Crippen LogP contribution is -2.51. The number of nitrogens with one attached hydrogen (secondary N) is 2. The minimum Gasteiger partial charge on any atom is -0.460 e. The first-order chi connectivity index (χ1) is 17.5. The Morgan fingerprint density at radius 1 is 1.14 bits per heavy atom. The molecule has 1 aromatic carbocycles. The Hall–Kier alpha value is -3.86. The van der Waals surface area contributed by atoms with Gasteiger partial charge in [-0.1, -0.05) is 0 Å². The predicted molar refractivity (Wildman–Crippen MR) is 138 cm³/mol. The van der Waals surface area contributed by atoms with E-state index in [1.807, 2.05) is 13.8 Å². The second kappa shape index (κ2) is 8.91. The molecular formula is C26H28N4O6S. The van der Waals surface area contributed by atoms with Gasteiger partial charge in [-0.15, -0.1) is 0 Å². The van der Waals surface area contributed by atoms with Crippen LogP contribution >= 0.6 is 0 Å². The largest absolute Gasteiger partial charge is 0.460 e. The third-order valence-electron chi connectivity index (χ3n) is 7.00. The third-order valence-corrected chi connectivity index (χ3v) is 8.65. The number of aryl methyl sites for hydroxylation is 2. The summed E-state index contributed by atoms with van der Waals surface area (Å²) in [4.78, 5) is 25.4. The zero-order valence-electron chi connectivity index (χ0n) is 21.0. The molecule has 1 saturated heterocycles. The summed E-state index contributed by atoms with van der Waals surface area (Å²) in [6.45, 7) is 5.43. The van der Waals surface area contributed by atoms with Crippen molar-refractivity contribution in [1.29, 1.82) is 0 Å². The number of hydrogen-bond acceptors (Lipinski definition) is 7. The highest BCUT2D eigenvalue weighted by atomic mass is 32.2. The van der Waals surface area contributed by atoms with Crippen LogP contribution in [-0.4, -0.2) is 53.9 Å². The van der Waals surface area contributed by atoms with Gasteiger partial charge >= 0.3 is 0 Å². The van der Waals surface area contributed by atoms with Crippen molar-refractivity contribution >= 4 is 38.1 Å². The second-order valence-corrected chi connectivity index (χ2v) is 12.0. The van der Waals surface area contributed by atoms with Crippen molar-refractivity contribution in [3.8, 4) is 11.5 Å². The van der Waals surface area contributed by atoms with E-state index in [9.17, 15) is 18.0 Å². The number of carbonyl (C=O) groups excluding carboxylic acids is 2. The molecule has 37 heavy (non-hydrogen) atoms. The van der Waals surface area contributed by atoms with Crippen LogP contribution in [0.5, 0.6) is 11.5 Å². The van der Waals surface area contributed by atoms with Crippen LogP contribution in [0.1, 0.15) is 51.8 Å². The molecule has 0 saturated carbocycles. The number of carbonyl (C=O) groups is 2. The Kier molecular flexibility index (Phi) is 5.98. The van der Waals surface area contributed by atoms with E-state index in [2.05, 4.69) is 15.7 Å². The lowest BCUT2D eigenvalue weighted by molar-refractivity contribution is 0.0898. The lowest BCUT2D eigenvalue weighted by Gasteiger charge is -2.34. The van der Waals surface area contributed by atoms with Crippen molar-refractivity contribution in [2.45, 2.75) is 39.2 Å². The Morgan fingerprint density at radius 3 is 2.57 bits per heavy atom. The average molecular weight is 525 g/mol. The molecule has 1 aliphatic heterocycles. The molecule has 3 aromatic heterocycles. The van der Waals surface area contributed by atoms with Crippen LogP contribution in [0, 0.1) is 13.8 Å². The molecule has 1 fully saturated rings. The summed E-state index contributed by atoms with van der Waals surface area (Å²) in [6, 6.07) is 6.96. The number of nitrogens with zero attached hydrogens (tertiary/aromatic N) is 2. The summed E-state index contributed by atoms with van der Waals surface area (Å²) in [5, 5.41) is 10.7. The van der Waals surface area contributed by atoms with Gasteiger partial charge in [0.25, 0.3) is 11.8 Å². The molecule has 0 radical (unpaired) electrons. The number of fused-ring (bicyclic) bond motifs is 2. The molecular weight excluding hydrogens is 496 g/mol. The van der Waals surface area contributed by atoms with E-state index in [1.165, 1.54) is 0 Å². The molecule has 2 N–H and O–H groups in total. The van der Waals surface area contributed by atoms with Crippen LogP contribution < -0.4 is 15.4 Å². The van der Waals surface area contributed by atoms with Gasteiger partial charge in [0.2, 0.25) is 0 Å². The Labute approximate surface area is 213 Å². The molecule has 4 aromatic rings. The van der Waals surface area contributed by atoms with Crippen molar-refractivity contribution in [2.24, 2.45) is 0 Å². The number of rotatable bonds is 5. The van der Waals surface area contributed by atoms with Crippen LogP contribution in [0.15, 0.2) is 41.1 Å². The quantitative estimate of drug-likeness (QED) is 0.408. The van der Waals surface area contributed by atoms with Crippen LogP contribution in [-0.2, 0) is 9.84 Å². The molecule has 2 amide bonds. The number of amides is 2. The summed E-state index contributed by atoms with van der Waals surface area (Å²) in [7, 11) is -1.48. The summed E-state index contributed by atoms with van der Waals surface area (Å²) in [6.07, 6.45) is 3.97.